The van der Waals surface area contributed by atoms with Crippen molar-refractivity contribution in [2.45, 2.75) is 20.3 Å². The van der Waals surface area contributed by atoms with Crippen LogP contribution >= 0.6 is 11.3 Å². The van der Waals surface area contributed by atoms with Crippen LogP contribution in [0.15, 0.2) is 6.07 Å². The third kappa shape index (κ3) is 1.24. The van der Waals surface area contributed by atoms with Crippen molar-refractivity contribution in [3.05, 3.63) is 16.5 Å². The highest BCUT2D eigenvalue weighted by molar-refractivity contribution is 7.16. The van der Waals surface area contributed by atoms with Gasteiger partial charge in [0, 0.05) is 4.88 Å². The second-order valence-electron chi connectivity index (χ2n) is 2.11. The molecule has 2 N–H and O–H groups in total. The molecule has 9 heavy (non-hydrogen) atoms. The van der Waals surface area contributed by atoms with E-state index in [-0.39, 0.29) is 0 Å². The van der Waals surface area contributed by atoms with E-state index >= 15 is 0 Å². The van der Waals surface area contributed by atoms with Crippen LogP contribution in [0.1, 0.15) is 17.4 Å². The summed E-state index contributed by atoms with van der Waals surface area (Å²) in [6, 6.07) is 2.03. The molecule has 0 aliphatic carbocycles. The van der Waals surface area contributed by atoms with Crippen LogP contribution in [-0.2, 0) is 6.42 Å². The Morgan fingerprint density at radius 2 is 2.33 bits per heavy atom. The fourth-order valence-corrected chi connectivity index (χ4v) is 1.78. The Bertz CT molecular complexity index is 203. The average molecular weight is 141 g/mol. The first-order chi connectivity index (χ1) is 4.24. The fraction of sp³-hybridized carbons (Fsp3) is 0.429. The molecule has 0 saturated carbocycles. The SMILES string of the molecule is CCc1sc(N)cc1C. The maximum Gasteiger partial charge on any atom is 0.0861 e. The quantitative estimate of drug-likeness (QED) is 0.637. The van der Waals surface area contributed by atoms with E-state index in [0.29, 0.717) is 0 Å². The number of hydrogen-bond acceptors (Lipinski definition) is 2. The van der Waals surface area contributed by atoms with Crippen molar-refractivity contribution in [1.82, 2.24) is 0 Å². The van der Waals surface area contributed by atoms with Crippen molar-refractivity contribution in [2.24, 2.45) is 0 Å². The molecule has 0 spiro atoms. The molecular formula is C7H11NS. The first kappa shape index (κ1) is 6.62. The molecule has 1 heterocycles. The Morgan fingerprint density at radius 1 is 1.67 bits per heavy atom. The highest BCUT2D eigenvalue weighted by Crippen LogP contribution is 2.23. The predicted octanol–water partition coefficient (Wildman–Crippen LogP) is 2.20. The van der Waals surface area contributed by atoms with Gasteiger partial charge in [0.25, 0.3) is 0 Å². The molecular weight excluding hydrogens is 130 g/mol. The van der Waals surface area contributed by atoms with Crippen LogP contribution in [0.5, 0.6) is 0 Å². The molecule has 0 saturated heterocycles. The molecule has 2 heteroatoms. The number of nitrogen functional groups attached to an aromatic ring is 1. The van der Waals surface area contributed by atoms with E-state index in [1.807, 2.05) is 6.07 Å². The van der Waals surface area contributed by atoms with Gasteiger partial charge in [0.1, 0.15) is 0 Å². The standard InChI is InChI=1S/C7H11NS/c1-3-6-5(2)4-7(8)9-6/h4H,3,8H2,1-2H3. The summed E-state index contributed by atoms with van der Waals surface area (Å²) in [4.78, 5) is 1.41. The molecule has 0 aromatic carbocycles. The molecule has 0 aliphatic heterocycles. The van der Waals surface area contributed by atoms with Gasteiger partial charge >= 0.3 is 0 Å². The highest BCUT2D eigenvalue weighted by atomic mass is 32.1. The molecule has 1 rings (SSSR count). The minimum Gasteiger partial charge on any atom is -0.391 e. The van der Waals surface area contributed by atoms with Crippen LogP contribution in [0.4, 0.5) is 5.00 Å². The summed E-state index contributed by atoms with van der Waals surface area (Å²) in [5.74, 6) is 0. The molecule has 0 aliphatic rings. The highest BCUT2D eigenvalue weighted by Gasteiger charge is 1.98. The number of aryl methyl sites for hydroxylation is 2. The molecule has 1 nitrogen and oxygen atoms in total. The van der Waals surface area contributed by atoms with E-state index in [1.165, 1.54) is 10.4 Å². The van der Waals surface area contributed by atoms with Crippen LogP contribution in [0.3, 0.4) is 0 Å². The largest absolute Gasteiger partial charge is 0.391 e. The normalized spacial score (nSPS) is 10.0. The first-order valence-corrected chi connectivity index (χ1v) is 3.90. The summed E-state index contributed by atoms with van der Waals surface area (Å²) in [5.41, 5.74) is 6.91. The third-order valence-electron chi connectivity index (χ3n) is 1.36. The van der Waals surface area contributed by atoms with Gasteiger partial charge in [-0.05, 0) is 25.0 Å². The summed E-state index contributed by atoms with van der Waals surface area (Å²) in [5, 5.41) is 0.935. The second kappa shape index (κ2) is 2.40. The zero-order valence-electron chi connectivity index (χ0n) is 5.77. The summed E-state index contributed by atoms with van der Waals surface area (Å²) < 4.78 is 0. The van der Waals surface area contributed by atoms with Crippen LogP contribution in [-0.4, -0.2) is 0 Å². The van der Waals surface area contributed by atoms with Gasteiger partial charge in [0.15, 0.2) is 0 Å². The summed E-state index contributed by atoms with van der Waals surface area (Å²) >= 11 is 1.69. The van der Waals surface area contributed by atoms with E-state index < -0.39 is 0 Å². The van der Waals surface area contributed by atoms with Crippen LogP contribution in [0, 0.1) is 6.92 Å². The molecule has 0 unspecified atom stereocenters. The number of nitrogens with two attached hydrogens (primary N) is 1. The van der Waals surface area contributed by atoms with E-state index in [0.717, 1.165) is 11.4 Å². The van der Waals surface area contributed by atoms with Gasteiger partial charge in [-0.15, -0.1) is 11.3 Å². The van der Waals surface area contributed by atoms with E-state index in [4.69, 9.17) is 5.73 Å². The molecule has 50 valence electrons. The summed E-state index contributed by atoms with van der Waals surface area (Å²) in [6.45, 7) is 4.25. The lowest BCUT2D eigenvalue weighted by atomic mass is 10.2. The summed E-state index contributed by atoms with van der Waals surface area (Å²) in [6.07, 6.45) is 1.10. The van der Waals surface area contributed by atoms with Gasteiger partial charge in [-0.2, -0.15) is 0 Å². The smallest absolute Gasteiger partial charge is 0.0861 e. The van der Waals surface area contributed by atoms with Crippen LogP contribution in [0.25, 0.3) is 0 Å². The molecule has 0 bridgehead atoms. The predicted molar refractivity (Wildman–Crippen MR) is 42.8 cm³/mol. The monoisotopic (exact) mass is 141 g/mol. The minimum atomic E-state index is 0.935. The number of thiophene rings is 1. The average Bonchev–Trinajstić information content (AvgIpc) is 2.10. The van der Waals surface area contributed by atoms with Crippen molar-refractivity contribution in [2.75, 3.05) is 5.73 Å². The zero-order chi connectivity index (χ0) is 6.85. The first-order valence-electron chi connectivity index (χ1n) is 3.08. The van der Waals surface area contributed by atoms with Crippen LogP contribution < -0.4 is 5.73 Å². The van der Waals surface area contributed by atoms with E-state index in [2.05, 4.69) is 13.8 Å². The van der Waals surface area contributed by atoms with Crippen molar-refractivity contribution in [3.8, 4) is 0 Å². The van der Waals surface area contributed by atoms with Gasteiger partial charge in [-0.1, -0.05) is 6.92 Å². The Labute approximate surface area is 59.5 Å². The molecule has 0 amide bonds. The lowest BCUT2D eigenvalue weighted by molar-refractivity contribution is 1.16. The number of hydrogen-bond donors (Lipinski definition) is 1. The number of anilines is 1. The Hall–Kier alpha value is -0.500. The second-order valence-corrected chi connectivity index (χ2v) is 3.28. The van der Waals surface area contributed by atoms with Gasteiger partial charge < -0.3 is 5.73 Å². The lowest BCUT2D eigenvalue weighted by Gasteiger charge is -1.87. The third-order valence-corrected chi connectivity index (χ3v) is 2.57. The van der Waals surface area contributed by atoms with Crippen molar-refractivity contribution in [3.63, 3.8) is 0 Å². The van der Waals surface area contributed by atoms with Crippen LogP contribution in [0.2, 0.25) is 0 Å². The molecule has 0 fully saturated rings. The van der Waals surface area contributed by atoms with Crippen molar-refractivity contribution >= 4 is 16.3 Å². The Morgan fingerprint density at radius 3 is 2.56 bits per heavy atom. The Balaban J connectivity index is 3.01. The topological polar surface area (TPSA) is 26.0 Å². The molecule has 0 radical (unpaired) electrons. The minimum absolute atomic E-state index is 0.935. The van der Waals surface area contributed by atoms with Gasteiger partial charge in [-0.3, -0.25) is 0 Å². The van der Waals surface area contributed by atoms with Crippen molar-refractivity contribution < 1.29 is 0 Å². The van der Waals surface area contributed by atoms with Gasteiger partial charge in [0.05, 0.1) is 5.00 Å². The Kier molecular flexibility index (Phi) is 1.76. The lowest BCUT2D eigenvalue weighted by Crippen LogP contribution is -1.73. The van der Waals surface area contributed by atoms with Crippen molar-refractivity contribution in [1.29, 1.82) is 0 Å². The maximum absolute atomic E-state index is 5.57. The number of rotatable bonds is 1. The summed E-state index contributed by atoms with van der Waals surface area (Å²) in [7, 11) is 0. The molecule has 0 atom stereocenters. The molecule has 1 aromatic rings. The molecule has 1 aromatic heterocycles. The maximum atomic E-state index is 5.57. The van der Waals surface area contributed by atoms with Gasteiger partial charge in [0.2, 0.25) is 0 Å². The van der Waals surface area contributed by atoms with E-state index in [9.17, 15) is 0 Å². The van der Waals surface area contributed by atoms with Gasteiger partial charge in [-0.25, -0.2) is 0 Å². The zero-order valence-corrected chi connectivity index (χ0v) is 6.59. The van der Waals surface area contributed by atoms with E-state index in [1.54, 1.807) is 11.3 Å². The fourth-order valence-electron chi connectivity index (χ4n) is 0.897.